The number of nitrogens with one attached hydrogen (secondary N) is 9. The van der Waals surface area contributed by atoms with Crippen LogP contribution >= 0.6 is 0 Å². The zero-order chi connectivity index (χ0) is 77.7. The lowest BCUT2D eigenvalue weighted by Crippen LogP contribution is -2.62. The number of carbonyl (C=O) groups excluding carboxylic acids is 12. The number of aromatic hydroxyl groups is 1. The van der Waals surface area contributed by atoms with E-state index in [0.717, 1.165) is 43.9 Å². The number of rotatable bonds is 37. The summed E-state index contributed by atoms with van der Waals surface area (Å²) in [5.41, 5.74) is 12.1. The molecule has 1 unspecified atom stereocenters. The van der Waals surface area contributed by atoms with E-state index in [2.05, 4.69) is 54.8 Å². The highest BCUT2D eigenvalue weighted by molar-refractivity contribution is 6.00. The molecule has 0 aromatic heterocycles. The van der Waals surface area contributed by atoms with Crippen LogP contribution < -0.4 is 64.1 Å². The number of hydrogen-bond acceptors (Lipinski definition) is 18. The minimum atomic E-state index is -1.97. The summed E-state index contributed by atoms with van der Waals surface area (Å²) < 4.78 is 5.84. The van der Waals surface area contributed by atoms with E-state index in [1.54, 1.807) is 27.7 Å². The third kappa shape index (κ3) is 31.5. The number of phenols is 1. The van der Waals surface area contributed by atoms with Crippen molar-refractivity contribution in [3.8, 4) is 11.5 Å². The van der Waals surface area contributed by atoms with Crippen molar-refractivity contribution in [3.05, 3.63) is 59.7 Å². The van der Waals surface area contributed by atoms with Crippen molar-refractivity contribution in [2.24, 2.45) is 23.3 Å². The number of aliphatic carboxylic acids is 2. The molecule has 11 amide bonds. The summed E-state index contributed by atoms with van der Waals surface area (Å²) in [5.74, 6) is -15.5. The Morgan fingerprint density at radius 1 is 0.581 bits per heavy atom. The summed E-state index contributed by atoms with van der Waals surface area (Å²) in [5, 5.41) is 64.0. The van der Waals surface area contributed by atoms with Gasteiger partial charge in [0.25, 0.3) is 0 Å². The van der Waals surface area contributed by atoms with Crippen molar-refractivity contribution in [2.75, 3.05) is 13.1 Å². The molecule has 0 spiro atoms. The number of fused-ring (bicyclic) bond motifs is 23. The lowest BCUT2D eigenvalue weighted by atomic mass is 9.97. The molecule has 105 heavy (non-hydrogen) atoms. The highest BCUT2D eigenvalue weighted by Gasteiger charge is 2.42. The number of carboxylic acids is 2. The molecule has 0 aliphatic carbocycles. The number of carboxylic acid groups (broad SMARTS) is 2. The average molecular weight is 1480 g/mol. The minimum Gasteiger partial charge on any atom is -0.508 e. The molecule has 0 radical (unpaired) electrons. The van der Waals surface area contributed by atoms with Crippen LogP contribution in [0.15, 0.2) is 48.5 Å². The molecule has 1 fully saturated rings. The fourth-order valence-corrected chi connectivity index (χ4v) is 12.4. The third-order valence-corrected chi connectivity index (χ3v) is 18.8. The number of primary amides is 1. The molecule has 31 heteroatoms. The first-order valence-electron chi connectivity index (χ1n) is 37.2. The molecular formula is C74H114N12O19. The van der Waals surface area contributed by atoms with Crippen LogP contribution in [-0.2, 0) is 80.0 Å². The summed E-state index contributed by atoms with van der Waals surface area (Å²) >= 11 is 0. The maximum absolute atomic E-state index is 14.9. The number of esters is 1. The van der Waals surface area contributed by atoms with Gasteiger partial charge in [-0.15, -0.1) is 0 Å². The minimum absolute atomic E-state index is 0.00688. The number of phenolic OH excluding ortho intramolecular Hbond substituents is 1. The molecule has 12 atom stereocenters. The normalized spacial score (nSPS) is 21.6. The quantitative estimate of drug-likeness (QED) is 0.0200. The van der Waals surface area contributed by atoms with Gasteiger partial charge in [0.1, 0.15) is 71.9 Å². The van der Waals surface area contributed by atoms with Gasteiger partial charge in [-0.3, -0.25) is 62.3 Å². The topological polar surface area (TPSA) is 493 Å². The summed E-state index contributed by atoms with van der Waals surface area (Å²) in [6.07, 6.45) is 9.07. The van der Waals surface area contributed by atoms with Crippen molar-refractivity contribution >= 4 is 82.9 Å². The Balaban J connectivity index is 1.77. The summed E-state index contributed by atoms with van der Waals surface area (Å²) in [4.78, 5) is 196. The Morgan fingerprint density at radius 3 is 1.68 bits per heavy atom. The van der Waals surface area contributed by atoms with E-state index in [9.17, 15) is 87.5 Å². The van der Waals surface area contributed by atoms with Gasteiger partial charge in [-0.25, -0.2) is 4.79 Å². The molecule has 17 N–H and O–H groups in total. The van der Waals surface area contributed by atoms with E-state index in [0.29, 0.717) is 18.4 Å². The first-order chi connectivity index (χ1) is 50.0. The monoisotopic (exact) mass is 1470 g/mol. The number of carbonyl (C=O) groups is 14. The summed E-state index contributed by atoms with van der Waals surface area (Å²) in [6, 6.07) is -4.50. The molecule has 5 rings (SSSR count). The Hall–Kier alpha value is -9.26. The predicted octanol–water partition coefficient (Wildman–Crippen LogP) is 2.75. The number of hydrogen-bond donors (Lipinski definition) is 15. The number of benzene rings is 2. The molecule has 584 valence electrons. The van der Waals surface area contributed by atoms with Gasteiger partial charge in [0.2, 0.25) is 65.0 Å². The van der Waals surface area contributed by atoms with E-state index in [4.69, 9.17) is 16.2 Å². The zero-order valence-electron chi connectivity index (χ0n) is 61.6. The first-order valence-corrected chi connectivity index (χ1v) is 37.2. The zero-order valence-corrected chi connectivity index (χ0v) is 61.6. The van der Waals surface area contributed by atoms with Crippen molar-refractivity contribution in [1.82, 2.24) is 52.8 Å². The van der Waals surface area contributed by atoms with Crippen LogP contribution in [0.3, 0.4) is 0 Å². The highest BCUT2D eigenvalue weighted by Crippen LogP contribution is 2.24. The van der Waals surface area contributed by atoms with Gasteiger partial charge in [-0.1, -0.05) is 142 Å². The fourth-order valence-electron chi connectivity index (χ4n) is 12.4. The molecule has 3 aliphatic rings. The largest absolute Gasteiger partial charge is 0.508 e. The Labute approximate surface area is 614 Å². The van der Waals surface area contributed by atoms with Gasteiger partial charge >= 0.3 is 17.9 Å². The standard InChI is InChI=1S/C74H114N12O19/c1-7-9-10-11-12-13-14-15-16-17-18-19-20-25-59(90)77-52(35-38-60(91)92)66(96)78-51(23-21-40-75)65(95)81-56-43-48-28-32-50(33-29-48)105-74(104)63(45(5)8-2)84-69(99)55(42-47-26-30-49(88)31-27-47)82-67(97)53(34-37-58(76)89)79-71(101)57-24-22-41-86(57)73(103)62(44(3)4)83-68(98)54(36-39-61(93)94)80-72(102)64(46(6)87)85-70(56)100/h26-33,44-46,51-57,62-64,87-88H,7-25,34-43,75H2,1-6H3,(H2,76,89)(H,77,90)(H,78,96)(H,79,101)(H,80,102)(H,81,95)(H,82,97)(H,83,98)(H,84,99)(H,85,100)(H,91,92)(H,93,94)/t45-,46+,51+,52-,53-,54-,55+,56-,57-,62+,63-,64?/m0/s1. The van der Waals surface area contributed by atoms with Crippen LogP contribution in [0.1, 0.15) is 213 Å². The van der Waals surface area contributed by atoms with E-state index < -0.39 is 193 Å². The van der Waals surface area contributed by atoms with E-state index in [1.807, 2.05) is 0 Å². The molecule has 2 bridgehead atoms. The molecule has 0 saturated carbocycles. The molecule has 3 aliphatic heterocycles. The number of aliphatic hydroxyl groups excluding tert-OH is 1. The smallest absolute Gasteiger partial charge is 0.334 e. The third-order valence-electron chi connectivity index (χ3n) is 18.8. The van der Waals surface area contributed by atoms with Crippen LogP contribution in [-0.4, -0.2) is 188 Å². The van der Waals surface area contributed by atoms with Gasteiger partial charge in [0.05, 0.1) is 6.10 Å². The van der Waals surface area contributed by atoms with Crippen LogP contribution in [0.2, 0.25) is 0 Å². The fraction of sp³-hybridized carbons (Fsp3) is 0.649. The van der Waals surface area contributed by atoms with E-state index in [1.165, 1.54) is 93.5 Å². The Morgan fingerprint density at radius 2 is 1.11 bits per heavy atom. The lowest BCUT2D eigenvalue weighted by molar-refractivity contribution is -0.144. The number of nitrogens with two attached hydrogens (primary N) is 2. The van der Waals surface area contributed by atoms with Crippen LogP contribution in [0.25, 0.3) is 0 Å². The predicted molar refractivity (Wildman–Crippen MR) is 386 cm³/mol. The highest BCUT2D eigenvalue weighted by atomic mass is 16.5. The molecule has 2 aromatic rings. The first kappa shape index (κ1) is 88.1. The number of ether oxygens (including phenoxy) is 1. The maximum atomic E-state index is 14.9. The lowest BCUT2D eigenvalue weighted by Gasteiger charge is -2.32. The molecule has 2 aromatic carbocycles. The number of nitrogens with zero attached hydrogens (tertiary/aromatic N) is 1. The van der Waals surface area contributed by atoms with E-state index >= 15 is 0 Å². The molecule has 31 nitrogen and oxygen atoms in total. The number of unbranched alkanes of at least 4 members (excludes halogenated alkanes) is 12. The summed E-state index contributed by atoms with van der Waals surface area (Å²) in [7, 11) is 0. The number of amides is 11. The van der Waals surface area contributed by atoms with Crippen molar-refractivity contribution in [1.29, 1.82) is 0 Å². The SMILES string of the molecule is CCCCCCCCCCCCCCCC(=O)N[C@@H](CCC(=O)O)C(=O)N[C@H](CCCN)C(=O)N[C@H]1Cc2ccc(cc2)OC(=O)[C@H]([C@@H](C)CC)NC(=O)[C@@H](Cc2ccc(O)cc2)NC(=O)[C@H](CCC(N)=O)NC(=O)[C@@H]2CCCN2C(=O)[C@@H](C(C)C)NC(=O)[C@H](CCC(=O)O)NC(=O)C([C@@H](C)O)NC1=O. The molecular weight excluding hydrogens is 1360 g/mol. The van der Waals surface area contributed by atoms with Crippen LogP contribution in [0.5, 0.6) is 11.5 Å². The van der Waals surface area contributed by atoms with Crippen molar-refractivity contribution < 1.29 is 92.3 Å². The van der Waals surface area contributed by atoms with Crippen LogP contribution in [0.4, 0.5) is 0 Å². The Kier molecular flexibility index (Phi) is 39.1. The van der Waals surface area contributed by atoms with Gasteiger partial charge < -0.3 is 89.4 Å². The van der Waals surface area contributed by atoms with Gasteiger partial charge in [-0.2, -0.15) is 0 Å². The second-order valence-corrected chi connectivity index (χ2v) is 27.9. The maximum Gasteiger partial charge on any atom is 0.334 e. The van der Waals surface area contributed by atoms with Gasteiger partial charge in [0, 0.05) is 45.1 Å². The van der Waals surface area contributed by atoms with Crippen molar-refractivity contribution in [3.63, 3.8) is 0 Å². The average Bonchev–Trinajstić information content (AvgIpc) is 1.77. The summed E-state index contributed by atoms with van der Waals surface area (Å²) in [6.45, 7) is 9.79. The van der Waals surface area contributed by atoms with E-state index in [-0.39, 0.29) is 81.5 Å². The van der Waals surface area contributed by atoms with Crippen molar-refractivity contribution in [2.45, 2.75) is 281 Å². The Bertz CT molecular complexity index is 3210. The number of aliphatic hydroxyl groups is 1. The van der Waals surface area contributed by atoms with Gasteiger partial charge in [-0.05, 0) is 112 Å². The second-order valence-electron chi connectivity index (χ2n) is 27.9. The van der Waals surface area contributed by atoms with Crippen LogP contribution in [0, 0.1) is 11.8 Å². The molecule has 3 heterocycles. The molecule has 1 saturated heterocycles. The van der Waals surface area contributed by atoms with Gasteiger partial charge in [0.15, 0.2) is 0 Å². The second kappa shape index (κ2) is 46.5.